The summed E-state index contributed by atoms with van der Waals surface area (Å²) in [4.78, 5) is 11.3. The van der Waals surface area contributed by atoms with Gasteiger partial charge in [-0.3, -0.25) is 0 Å². The van der Waals surface area contributed by atoms with E-state index in [9.17, 15) is 9.90 Å². The van der Waals surface area contributed by atoms with Gasteiger partial charge in [0, 0.05) is 12.5 Å². The number of esters is 1. The van der Waals surface area contributed by atoms with E-state index in [0.29, 0.717) is 19.0 Å². The minimum absolute atomic E-state index is 0.0257. The SMILES string of the molecule is COC(=O)c1cc(O)cc(OC2CCOC2)c1. The van der Waals surface area contributed by atoms with E-state index < -0.39 is 5.97 Å². The maximum Gasteiger partial charge on any atom is 0.338 e. The first kappa shape index (κ1) is 11.7. The lowest BCUT2D eigenvalue weighted by molar-refractivity contribution is 0.0599. The van der Waals surface area contributed by atoms with Gasteiger partial charge in [-0.05, 0) is 12.1 Å². The number of hydrogen-bond donors (Lipinski definition) is 1. The Morgan fingerprint density at radius 3 is 2.94 bits per heavy atom. The predicted molar refractivity (Wildman–Crippen MR) is 59.3 cm³/mol. The molecule has 0 saturated carbocycles. The summed E-state index contributed by atoms with van der Waals surface area (Å²) in [5.41, 5.74) is 0.265. The van der Waals surface area contributed by atoms with E-state index in [1.54, 1.807) is 6.07 Å². The van der Waals surface area contributed by atoms with Crippen LogP contribution in [-0.2, 0) is 9.47 Å². The molecule has 1 aliphatic rings. The van der Waals surface area contributed by atoms with Crippen LogP contribution in [0.1, 0.15) is 16.8 Å². The first-order valence-electron chi connectivity index (χ1n) is 5.36. The van der Waals surface area contributed by atoms with Crippen LogP contribution in [-0.4, -0.2) is 37.5 Å². The van der Waals surface area contributed by atoms with E-state index in [-0.39, 0.29) is 17.4 Å². The van der Waals surface area contributed by atoms with Crippen molar-refractivity contribution in [2.45, 2.75) is 12.5 Å². The molecule has 1 unspecified atom stereocenters. The Bertz CT molecular complexity index is 409. The molecule has 1 aromatic rings. The van der Waals surface area contributed by atoms with Gasteiger partial charge < -0.3 is 19.3 Å². The van der Waals surface area contributed by atoms with Crippen LogP contribution < -0.4 is 4.74 Å². The molecular formula is C12H14O5. The first-order valence-corrected chi connectivity index (χ1v) is 5.36. The number of benzene rings is 1. The van der Waals surface area contributed by atoms with Gasteiger partial charge in [-0.2, -0.15) is 0 Å². The van der Waals surface area contributed by atoms with Crippen molar-refractivity contribution in [2.24, 2.45) is 0 Å². The lowest BCUT2D eigenvalue weighted by Gasteiger charge is -2.12. The summed E-state index contributed by atoms with van der Waals surface area (Å²) in [5.74, 6) is -0.0869. The topological polar surface area (TPSA) is 65.0 Å². The zero-order valence-corrected chi connectivity index (χ0v) is 9.51. The first-order chi connectivity index (χ1) is 8.19. The van der Waals surface area contributed by atoms with Crippen LogP contribution in [0.3, 0.4) is 0 Å². The molecule has 1 heterocycles. The third-order valence-electron chi connectivity index (χ3n) is 2.50. The molecule has 92 valence electrons. The molecule has 1 atom stereocenters. The van der Waals surface area contributed by atoms with E-state index in [0.717, 1.165) is 6.42 Å². The van der Waals surface area contributed by atoms with Gasteiger partial charge in [-0.1, -0.05) is 0 Å². The van der Waals surface area contributed by atoms with Gasteiger partial charge in [-0.15, -0.1) is 0 Å². The second-order valence-corrected chi connectivity index (χ2v) is 3.81. The second-order valence-electron chi connectivity index (χ2n) is 3.81. The number of rotatable bonds is 3. The number of carbonyl (C=O) groups excluding carboxylic acids is 1. The number of hydrogen-bond acceptors (Lipinski definition) is 5. The fraction of sp³-hybridized carbons (Fsp3) is 0.417. The molecule has 1 aliphatic heterocycles. The van der Waals surface area contributed by atoms with Crippen molar-refractivity contribution in [3.05, 3.63) is 23.8 Å². The summed E-state index contributed by atoms with van der Waals surface area (Å²) < 4.78 is 15.4. The van der Waals surface area contributed by atoms with Crippen molar-refractivity contribution in [3.63, 3.8) is 0 Å². The van der Waals surface area contributed by atoms with E-state index in [2.05, 4.69) is 4.74 Å². The molecule has 0 aliphatic carbocycles. The molecule has 0 spiro atoms. The van der Waals surface area contributed by atoms with Gasteiger partial charge in [0.1, 0.15) is 17.6 Å². The Balaban J connectivity index is 2.15. The number of carbonyl (C=O) groups is 1. The van der Waals surface area contributed by atoms with Crippen molar-refractivity contribution >= 4 is 5.97 Å². The summed E-state index contributed by atoms with van der Waals surface area (Å²) in [6.45, 7) is 1.20. The van der Waals surface area contributed by atoms with Crippen LogP contribution in [0.4, 0.5) is 0 Å². The molecule has 0 radical (unpaired) electrons. The molecule has 1 fully saturated rings. The van der Waals surface area contributed by atoms with Crippen molar-refractivity contribution in [3.8, 4) is 11.5 Å². The number of ether oxygens (including phenoxy) is 3. The Kier molecular flexibility index (Phi) is 3.49. The molecule has 0 aromatic heterocycles. The van der Waals surface area contributed by atoms with Gasteiger partial charge >= 0.3 is 5.97 Å². The average Bonchev–Trinajstić information content (AvgIpc) is 2.80. The summed E-state index contributed by atoms with van der Waals surface area (Å²) in [5, 5.41) is 9.49. The Morgan fingerprint density at radius 2 is 2.29 bits per heavy atom. The van der Waals surface area contributed by atoms with Crippen LogP contribution in [0.5, 0.6) is 11.5 Å². The molecule has 2 rings (SSSR count). The van der Waals surface area contributed by atoms with Crippen LogP contribution in [0.15, 0.2) is 18.2 Å². The number of aromatic hydroxyl groups is 1. The maximum atomic E-state index is 11.3. The number of phenolic OH excluding ortho intramolecular Hbond substituents is 1. The van der Waals surface area contributed by atoms with E-state index >= 15 is 0 Å². The highest BCUT2D eigenvalue weighted by Gasteiger charge is 2.18. The largest absolute Gasteiger partial charge is 0.508 e. The lowest BCUT2D eigenvalue weighted by Crippen LogP contribution is -2.16. The molecule has 1 N–H and O–H groups in total. The van der Waals surface area contributed by atoms with Crippen molar-refractivity contribution in [1.29, 1.82) is 0 Å². The van der Waals surface area contributed by atoms with Gasteiger partial charge in [-0.25, -0.2) is 4.79 Å². The number of phenols is 1. The van der Waals surface area contributed by atoms with E-state index in [1.165, 1.54) is 19.2 Å². The summed E-state index contributed by atoms with van der Waals surface area (Å²) in [7, 11) is 1.29. The number of methoxy groups -OCH3 is 1. The third kappa shape index (κ3) is 2.88. The predicted octanol–water partition coefficient (Wildman–Crippen LogP) is 1.35. The molecule has 1 aromatic carbocycles. The highest BCUT2D eigenvalue weighted by atomic mass is 16.5. The van der Waals surface area contributed by atoms with E-state index in [1.807, 2.05) is 0 Å². The van der Waals surface area contributed by atoms with Crippen LogP contribution in [0.25, 0.3) is 0 Å². The highest BCUT2D eigenvalue weighted by Crippen LogP contribution is 2.24. The molecule has 17 heavy (non-hydrogen) atoms. The third-order valence-corrected chi connectivity index (χ3v) is 2.50. The quantitative estimate of drug-likeness (QED) is 0.805. The lowest BCUT2D eigenvalue weighted by atomic mass is 10.2. The molecular weight excluding hydrogens is 224 g/mol. The summed E-state index contributed by atoms with van der Waals surface area (Å²) in [6.07, 6.45) is 0.783. The Morgan fingerprint density at radius 1 is 1.47 bits per heavy atom. The minimum Gasteiger partial charge on any atom is -0.508 e. The van der Waals surface area contributed by atoms with Gasteiger partial charge in [0.15, 0.2) is 0 Å². The normalized spacial score (nSPS) is 19.0. The summed E-state index contributed by atoms with van der Waals surface area (Å²) in [6, 6.07) is 4.35. The summed E-state index contributed by atoms with van der Waals surface area (Å²) >= 11 is 0. The molecule has 5 heteroatoms. The Hall–Kier alpha value is -1.75. The van der Waals surface area contributed by atoms with Gasteiger partial charge in [0.05, 0.1) is 25.9 Å². The zero-order chi connectivity index (χ0) is 12.3. The monoisotopic (exact) mass is 238 g/mol. The zero-order valence-electron chi connectivity index (χ0n) is 9.51. The maximum absolute atomic E-state index is 11.3. The Labute approximate surface area is 98.9 Å². The van der Waals surface area contributed by atoms with E-state index in [4.69, 9.17) is 9.47 Å². The second kappa shape index (κ2) is 5.05. The van der Waals surface area contributed by atoms with Gasteiger partial charge in [0.2, 0.25) is 0 Å². The average molecular weight is 238 g/mol. The van der Waals surface area contributed by atoms with Gasteiger partial charge in [0.25, 0.3) is 0 Å². The molecule has 0 amide bonds. The van der Waals surface area contributed by atoms with Crippen molar-refractivity contribution < 1.29 is 24.1 Å². The molecule has 5 nitrogen and oxygen atoms in total. The fourth-order valence-electron chi connectivity index (χ4n) is 1.69. The smallest absolute Gasteiger partial charge is 0.338 e. The molecule has 1 saturated heterocycles. The van der Waals surface area contributed by atoms with Crippen LogP contribution >= 0.6 is 0 Å². The standard InChI is InChI=1S/C12H14O5/c1-15-12(14)8-4-9(13)6-11(5-8)17-10-2-3-16-7-10/h4-6,10,13H,2-3,7H2,1H3. The fourth-order valence-corrected chi connectivity index (χ4v) is 1.69. The highest BCUT2D eigenvalue weighted by molar-refractivity contribution is 5.90. The van der Waals surface area contributed by atoms with Crippen molar-refractivity contribution in [1.82, 2.24) is 0 Å². The molecule has 0 bridgehead atoms. The minimum atomic E-state index is -0.506. The van der Waals surface area contributed by atoms with Crippen LogP contribution in [0, 0.1) is 0 Å². The van der Waals surface area contributed by atoms with Crippen LogP contribution in [0.2, 0.25) is 0 Å². The van der Waals surface area contributed by atoms with Crippen molar-refractivity contribution in [2.75, 3.05) is 20.3 Å².